The van der Waals surface area contributed by atoms with E-state index in [2.05, 4.69) is 84.3 Å². The Morgan fingerprint density at radius 2 is 1.32 bits per heavy atom. The third-order valence-corrected chi connectivity index (χ3v) is 5.60. The van der Waals surface area contributed by atoms with Crippen molar-refractivity contribution in [1.82, 2.24) is 9.80 Å². The van der Waals surface area contributed by atoms with Gasteiger partial charge in [-0.2, -0.15) is 0 Å². The van der Waals surface area contributed by atoms with Gasteiger partial charge in [0, 0.05) is 24.5 Å². The van der Waals surface area contributed by atoms with Gasteiger partial charge < -0.3 is 4.90 Å². The fraction of sp³-hybridized carbons (Fsp3) is 0.455. The Bertz CT molecular complexity index is 555. The summed E-state index contributed by atoms with van der Waals surface area (Å²) in [5, 5.41) is 0. The second-order valence-corrected chi connectivity index (χ2v) is 7.47. The highest BCUT2D eigenvalue weighted by Crippen LogP contribution is 2.18. The summed E-state index contributed by atoms with van der Waals surface area (Å²) in [6.07, 6.45) is 1.23. The Hall–Kier alpha value is -1.29. The molecule has 2 aromatic carbocycles. The predicted octanol–water partition coefficient (Wildman–Crippen LogP) is 5.01. The quantitative estimate of drug-likeness (QED) is 0.390. The van der Waals surface area contributed by atoms with Gasteiger partial charge in [-0.3, -0.25) is 4.90 Å². The summed E-state index contributed by atoms with van der Waals surface area (Å²) in [7, 11) is 0. The number of rotatable bonds is 12. The second kappa shape index (κ2) is 12.1. The van der Waals surface area contributed by atoms with Gasteiger partial charge in [0.15, 0.2) is 0 Å². The zero-order valence-corrected chi connectivity index (χ0v) is 16.5. The molecule has 0 aliphatic rings. The first-order chi connectivity index (χ1) is 12.3. The average Bonchev–Trinajstić information content (AvgIpc) is 2.67. The molecule has 2 aromatic rings. The summed E-state index contributed by atoms with van der Waals surface area (Å²) in [6, 6.07) is 21.6. The SMILES string of the molecule is CCN(CC)CCN(CCCSc1ccccc1)Cc1ccccc1. The molecule has 136 valence electrons. The third-order valence-electron chi connectivity index (χ3n) is 4.51. The first-order valence-corrected chi connectivity index (χ1v) is 10.5. The molecule has 0 spiro atoms. The van der Waals surface area contributed by atoms with Gasteiger partial charge in [-0.15, -0.1) is 11.8 Å². The number of thioether (sulfide) groups is 1. The van der Waals surface area contributed by atoms with Gasteiger partial charge in [0.1, 0.15) is 0 Å². The van der Waals surface area contributed by atoms with Crippen molar-refractivity contribution in [2.45, 2.75) is 31.7 Å². The normalized spacial score (nSPS) is 11.4. The molecule has 0 heterocycles. The number of hydrogen-bond acceptors (Lipinski definition) is 3. The van der Waals surface area contributed by atoms with Crippen LogP contribution in [0.3, 0.4) is 0 Å². The largest absolute Gasteiger partial charge is 0.303 e. The van der Waals surface area contributed by atoms with Crippen LogP contribution in [0.5, 0.6) is 0 Å². The molecule has 2 rings (SSSR count). The van der Waals surface area contributed by atoms with Crippen molar-refractivity contribution in [3.8, 4) is 0 Å². The molecule has 0 radical (unpaired) electrons. The maximum Gasteiger partial charge on any atom is 0.0234 e. The number of likely N-dealkylation sites (N-methyl/N-ethyl adjacent to an activating group) is 1. The minimum atomic E-state index is 1.05. The van der Waals surface area contributed by atoms with Gasteiger partial charge in [-0.25, -0.2) is 0 Å². The Labute approximate surface area is 158 Å². The van der Waals surface area contributed by atoms with Crippen molar-refractivity contribution in [1.29, 1.82) is 0 Å². The molecule has 0 aliphatic carbocycles. The van der Waals surface area contributed by atoms with Crippen molar-refractivity contribution in [3.63, 3.8) is 0 Å². The summed E-state index contributed by atoms with van der Waals surface area (Å²) in [5.74, 6) is 1.18. The zero-order valence-electron chi connectivity index (χ0n) is 15.7. The maximum absolute atomic E-state index is 2.61. The van der Waals surface area contributed by atoms with Crippen molar-refractivity contribution >= 4 is 11.8 Å². The summed E-state index contributed by atoms with van der Waals surface area (Å²) in [4.78, 5) is 6.50. The molecule has 0 aliphatic heterocycles. The van der Waals surface area contributed by atoms with Crippen LogP contribution < -0.4 is 0 Å². The summed E-state index contributed by atoms with van der Waals surface area (Å²) in [5.41, 5.74) is 1.41. The molecule has 3 heteroatoms. The van der Waals surface area contributed by atoms with Crippen LogP contribution in [-0.2, 0) is 6.54 Å². The first kappa shape index (κ1) is 20.0. The van der Waals surface area contributed by atoms with Gasteiger partial charge in [-0.05, 0) is 49.5 Å². The molecular weight excluding hydrogens is 324 g/mol. The molecule has 0 fully saturated rings. The van der Waals surface area contributed by atoms with Crippen molar-refractivity contribution < 1.29 is 0 Å². The lowest BCUT2D eigenvalue weighted by atomic mass is 10.2. The Morgan fingerprint density at radius 3 is 1.96 bits per heavy atom. The molecule has 0 amide bonds. The van der Waals surface area contributed by atoms with Gasteiger partial charge in [0.25, 0.3) is 0 Å². The number of hydrogen-bond donors (Lipinski definition) is 0. The standard InChI is InChI=1S/C22H32N2S/c1-3-23(4-2)17-18-24(20-21-12-7-5-8-13-21)16-11-19-25-22-14-9-6-10-15-22/h5-10,12-15H,3-4,11,16-20H2,1-2H3. The Balaban J connectivity index is 1.80. The summed E-state index contributed by atoms with van der Waals surface area (Å²) < 4.78 is 0. The smallest absolute Gasteiger partial charge is 0.0234 e. The average molecular weight is 357 g/mol. The van der Waals surface area contributed by atoms with Crippen LogP contribution in [-0.4, -0.2) is 48.3 Å². The summed E-state index contributed by atoms with van der Waals surface area (Å²) >= 11 is 1.97. The lowest BCUT2D eigenvalue weighted by molar-refractivity contribution is 0.208. The van der Waals surface area contributed by atoms with E-state index < -0.39 is 0 Å². The van der Waals surface area contributed by atoms with Crippen molar-refractivity contribution in [2.75, 3.05) is 38.5 Å². The highest BCUT2D eigenvalue weighted by molar-refractivity contribution is 7.99. The van der Waals surface area contributed by atoms with Crippen LogP contribution in [0.1, 0.15) is 25.8 Å². The van der Waals surface area contributed by atoms with Gasteiger partial charge in [0.2, 0.25) is 0 Å². The fourth-order valence-electron chi connectivity index (χ4n) is 2.93. The predicted molar refractivity (Wildman–Crippen MR) is 111 cm³/mol. The lowest BCUT2D eigenvalue weighted by Crippen LogP contribution is -2.35. The van der Waals surface area contributed by atoms with E-state index in [-0.39, 0.29) is 0 Å². The molecule has 0 unspecified atom stereocenters. The highest BCUT2D eigenvalue weighted by atomic mass is 32.2. The zero-order chi connectivity index (χ0) is 17.7. The van der Waals surface area contributed by atoms with E-state index in [1.165, 1.54) is 22.6 Å². The van der Waals surface area contributed by atoms with Gasteiger partial charge in [0.05, 0.1) is 0 Å². The first-order valence-electron chi connectivity index (χ1n) is 9.48. The van der Waals surface area contributed by atoms with Crippen LogP contribution >= 0.6 is 11.8 Å². The van der Waals surface area contributed by atoms with E-state index in [9.17, 15) is 0 Å². The molecule has 0 atom stereocenters. The minimum absolute atomic E-state index is 1.05. The van der Waals surface area contributed by atoms with Gasteiger partial charge in [-0.1, -0.05) is 62.4 Å². The topological polar surface area (TPSA) is 6.48 Å². The molecule has 0 N–H and O–H groups in total. The van der Waals surface area contributed by atoms with Crippen molar-refractivity contribution in [2.24, 2.45) is 0 Å². The molecule has 0 saturated carbocycles. The van der Waals surface area contributed by atoms with E-state index in [0.29, 0.717) is 0 Å². The molecule has 2 nitrogen and oxygen atoms in total. The van der Waals surface area contributed by atoms with Crippen LogP contribution in [0.2, 0.25) is 0 Å². The van der Waals surface area contributed by atoms with E-state index in [1.807, 2.05) is 11.8 Å². The summed E-state index contributed by atoms with van der Waals surface area (Å²) in [6.45, 7) is 11.3. The third kappa shape index (κ3) is 8.08. The van der Waals surface area contributed by atoms with Crippen molar-refractivity contribution in [3.05, 3.63) is 66.2 Å². The van der Waals surface area contributed by atoms with Crippen LogP contribution in [0.25, 0.3) is 0 Å². The lowest BCUT2D eigenvalue weighted by Gasteiger charge is -2.26. The maximum atomic E-state index is 2.61. The van der Waals surface area contributed by atoms with E-state index in [0.717, 1.165) is 39.3 Å². The van der Waals surface area contributed by atoms with Crippen LogP contribution in [0.4, 0.5) is 0 Å². The second-order valence-electron chi connectivity index (χ2n) is 6.30. The van der Waals surface area contributed by atoms with E-state index >= 15 is 0 Å². The minimum Gasteiger partial charge on any atom is -0.303 e. The molecule has 0 saturated heterocycles. The molecule has 0 aromatic heterocycles. The number of nitrogens with zero attached hydrogens (tertiary/aromatic N) is 2. The Kier molecular flexibility index (Phi) is 9.71. The van der Waals surface area contributed by atoms with Crippen LogP contribution in [0.15, 0.2) is 65.6 Å². The highest BCUT2D eigenvalue weighted by Gasteiger charge is 2.08. The monoisotopic (exact) mass is 356 g/mol. The van der Waals surface area contributed by atoms with E-state index in [4.69, 9.17) is 0 Å². The molecular formula is C22H32N2S. The molecule has 25 heavy (non-hydrogen) atoms. The number of benzene rings is 2. The van der Waals surface area contributed by atoms with Crippen LogP contribution in [0, 0.1) is 0 Å². The Morgan fingerprint density at radius 1 is 0.720 bits per heavy atom. The fourth-order valence-corrected chi connectivity index (χ4v) is 3.79. The van der Waals surface area contributed by atoms with E-state index in [1.54, 1.807) is 0 Å². The molecule has 0 bridgehead atoms. The van der Waals surface area contributed by atoms with Gasteiger partial charge >= 0.3 is 0 Å².